The fourth-order valence-corrected chi connectivity index (χ4v) is 3.08. The van der Waals surface area contributed by atoms with Crippen LogP contribution in [0.2, 0.25) is 0 Å². The number of carboxylic acid groups (broad SMARTS) is 2. The predicted octanol–water partition coefficient (Wildman–Crippen LogP) is 3.29. The number of unbranched alkanes of at least 4 members (excludes halogenated alkanes) is 8. The molecule has 0 aliphatic carbocycles. The van der Waals surface area contributed by atoms with Crippen LogP contribution in [0.15, 0.2) is 0 Å². The summed E-state index contributed by atoms with van der Waals surface area (Å²) in [6, 6.07) is 0. The highest BCUT2D eigenvalue weighted by Gasteiger charge is 2.09. The van der Waals surface area contributed by atoms with Gasteiger partial charge in [-0.1, -0.05) is 58.3 Å². The maximum Gasteiger partial charge on any atom is 0.305 e. The van der Waals surface area contributed by atoms with E-state index in [1.54, 1.807) is 0 Å². The third-order valence-corrected chi connectivity index (χ3v) is 4.91. The molecule has 0 atom stereocenters. The van der Waals surface area contributed by atoms with Crippen molar-refractivity contribution < 1.29 is 29.3 Å². The molecule has 0 saturated carbocycles. The van der Waals surface area contributed by atoms with Crippen molar-refractivity contribution in [1.82, 2.24) is 10.2 Å². The monoisotopic (exact) mass is 430 g/mol. The van der Waals surface area contributed by atoms with Crippen molar-refractivity contribution in [2.45, 2.75) is 84.0 Å². The lowest BCUT2D eigenvalue weighted by atomic mass is 10.1. The van der Waals surface area contributed by atoms with Crippen LogP contribution < -0.4 is 5.32 Å². The van der Waals surface area contributed by atoms with Gasteiger partial charge in [0.15, 0.2) is 0 Å². The Kier molecular flexibility index (Phi) is 19.5. The Morgan fingerprint density at radius 2 is 1.33 bits per heavy atom. The standard InChI is InChI=1S/C22H42N2O6/c1-2-3-4-5-6-7-8-9-10-11-20(25)23-14-16-24(15-12-21(26)27)17-19-30-18-13-22(28)29/h2-19H2,1H3,(H,23,25)(H,26,27)(H,28,29). The van der Waals surface area contributed by atoms with E-state index in [1.165, 1.54) is 44.9 Å². The summed E-state index contributed by atoms with van der Waals surface area (Å²) >= 11 is 0. The van der Waals surface area contributed by atoms with Gasteiger partial charge in [0.2, 0.25) is 5.91 Å². The zero-order valence-corrected chi connectivity index (χ0v) is 18.7. The van der Waals surface area contributed by atoms with Crippen LogP contribution in [0.3, 0.4) is 0 Å². The summed E-state index contributed by atoms with van der Waals surface area (Å²) in [4.78, 5) is 35.1. The van der Waals surface area contributed by atoms with Gasteiger partial charge >= 0.3 is 11.9 Å². The second kappa shape index (κ2) is 20.6. The second-order valence-electron chi connectivity index (χ2n) is 7.67. The van der Waals surface area contributed by atoms with Crippen molar-refractivity contribution >= 4 is 17.8 Å². The van der Waals surface area contributed by atoms with Gasteiger partial charge in [-0.15, -0.1) is 0 Å². The summed E-state index contributed by atoms with van der Waals surface area (Å²) in [6.07, 6.45) is 11.4. The molecule has 0 rings (SSSR count). The van der Waals surface area contributed by atoms with E-state index in [1.807, 2.05) is 4.90 Å². The van der Waals surface area contributed by atoms with Crippen LogP contribution in [0, 0.1) is 0 Å². The minimum absolute atomic E-state index is 0.0154. The van der Waals surface area contributed by atoms with Crippen molar-refractivity contribution in [3.05, 3.63) is 0 Å². The average molecular weight is 431 g/mol. The lowest BCUT2D eigenvalue weighted by Crippen LogP contribution is -2.37. The molecule has 0 spiro atoms. The van der Waals surface area contributed by atoms with E-state index in [2.05, 4.69) is 12.2 Å². The lowest BCUT2D eigenvalue weighted by Gasteiger charge is -2.21. The molecule has 0 bridgehead atoms. The van der Waals surface area contributed by atoms with Crippen molar-refractivity contribution in [1.29, 1.82) is 0 Å². The summed E-state index contributed by atoms with van der Waals surface area (Å²) in [7, 11) is 0. The van der Waals surface area contributed by atoms with E-state index >= 15 is 0 Å². The van der Waals surface area contributed by atoms with Gasteiger partial charge in [-0.05, 0) is 6.42 Å². The summed E-state index contributed by atoms with van der Waals surface area (Å²) in [6.45, 7) is 4.56. The molecule has 8 heteroatoms. The Balaban J connectivity index is 3.80. The molecule has 0 saturated heterocycles. The first kappa shape index (κ1) is 28.3. The van der Waals surface area contributed by atoms with Crippen LogP contribution in [0.5, 0.6) is 0 Å². The number of carbonyl (C=O) groups is 3. The summed E-state index contributed by atoms with van der Waals surface area (Å²) in [5, 5.41) is 20.3. The SMILES string of the molecule is CCCCCCCCCCCC(=O)NCCN(CCOCCC(=O)O)CCC(=O)O. The van der Waals surface area contributed by atoms with Crippen molar-refractivity contribution in [2.75, 3.05) is 39.4 Å². The zero-order chi connectivity index (χ0) is 22.5. The first-order valence-corrected chi connectivity index (χ1v) is 11.5. The van der Waals surface area contributed by atoms with E-state index in [0.29, 0.717) is 39.2 Å². The normalized spacial score (nSPS) is 11.0. The molecule has 30 heavy (non-hydrogen) atoms. The quantitative estimate of drug-likeness (QED) is 0.226. The molecule has 176 valence electrons. The topological polar surface area (TPSA) is 116 Å². The number of aliphatic carboxylic acids is 2. The zero-order valence-electron chi connectivity index (χ0n) is 18.7. The second-order valence-corrected chi connectivity index (χ2v) is 7.67. The number of carboxylic acids is 2. The van der Waals surface area contributed by atoms with Gasteiger partial charge in [0.05, 0.1) is 26.1 Å². The Morgan fingerprint density at radius 1 is 0.733 bits per heavy atom. The third-order valence-electron chi connectivity index (χ3n) is 4.91. The van der Waals surface area contributed by atoms with Crippen LogP contribution in [0.4, 0.5) is 0 Å². The largest absolute Gasteiger partial charge is 0.481 e. The summed E-state index contributed by atoms with van der Waals surface area (Å²) in [5.74, 6) is -1.75. The molecular weight excluding hydrogens is 388 g/mol. The molecule has 0 heterocycles. The first-order valence-electron chi connectivity index (χ1n) is 11.5. The van der Waals surface area contributed by atoms with Gasteiger partial charge < -0.3 is 20.3 Å². The van der Waals surface area contributed by atoms with Gasteiger partial charge in [0, 0.05) is 32.6 Å². The number of hydrogen-bond donors (Lipinski definition) is 3. The summed E-state index contributed by atoms with van der Waals surface area (Å²) < 4.78 is 5.26. The van der Waals surface area contributed by atoms with Crippen molar-refractivity contribution in [3.8, 4) is 0 Å². The summed E-state index contributed by atoms with van der Waals surface area (Å²) in [5.41, 5.74) is 0. The molecule has 0 radical (unpaired) electrons. The minimum Gasteiger partial charge on any atom is -0.481 e. The van der Waals surface area contributed by atoms with Crippen LogP contribution in [-0.4, -0.2) is 72.4 Å². The van der Waals surface area contributed by atoms with Crippen LogP contribution in [0.25, 0.3) is 0 Å². The van der Waals surface area contributed by atoms with Gasteiger partial charge in [0.25, 0.3) is 0 Å². The number of nitrogens with one attached hydrogen (secondary N) is 1. The predicted molar refractivity (Wildman–Crippen MR) is 117 cm³/mol. The number of carbonyl (C=O) groups excluding carboxylic acids is 1. The lowest BCUT2D eigenvalue weighted by molar-refractivity contribution is -0.139. The molecule has 0 aromatic carbocycles. The first-order chi connectivity index (χ1) is 14.5. The molecule has 8 nitrogen and oxygen atoms in total. The minimum atomic E-state index is -0.910. The highest BCUT2D eigenvalue weighted by Crippen LogP contribution is 2.10. The van der Waals surface area contributed by atoms with Crippen LogP contribution in [0.1, 0.15) is 84.0 Å². The number of amides is 1. The highest BCUT2D eigenvalue weighted by atomic mass is 16.5. The van der Waals surface area contributed by atoms with Crippen molar-refractivity contribution in [2.24, 2.45) is 0 Å². The molecule has 0 aliphatic rings. The van der Waals surface area contributed by atoms with Gasteiger partial charge in [-0.2, -0.15) is 0 Å². The fraction of sp³-hybridized carbons (Fsp3) is 0.864. The number of hydrogen-bond acceptors (Lipinski definition) is 5. The van der Waals surface area contributed by atoms with E-state index in [4.69, 9.17) is 14.9 Å². The maximum absolute atomic E-state index is 12.0. The van der Waals surface area contributed by atoms with Crippen LogP contribution >= 0.6 is 0 Å². The Labute approximate surface area is 181 Å². The maximum atomic E-state index is 12.0. The number of nitrogens with zero attached hydrogens (tertiary/aromatic N) is 1. The van der Waals surface area contributed by atoms with Gasteiger partial charge in [0.1, 0.15) is 0 Å². The molecule has 0 aromatic heterocycles. The average Bonchev–Trinajstić information content (AvgIpc) is 2.69. The Morgan fingerprint density at radius 3 is 1.93 bits per heavy atom. The Hall–Kier alpha value is -1.67. The third kappa shape index (κ3) is 21.0. The van der Waals surface area contributed by atoms with E-state index in [0.717, 1.165) is 12.8 Å². The Bertz CT molecular complexity index is 459. The van der Waals surface area contributed by atoms with Crippen molar-refractivity contribution in [3.63, 3.8) is 0 Å². The van der Waals surface area contributed by atoms with Gasteiger partial charge in [-0.3, -0.25) is 19.3 Å². The van der Waals surface area contributed by atoms with Gasteiger partial charge in [-0.25, -0.2) is 0 Å². The molecule has 0 aromatic rings. The molecular formula is C22H42N2O6. The fourth-order valence-electron chi connectivity index (χ4n) is 3.08. The van der Waals surface area contributed by atoms with Crippen LogP contribution in [-0.2, 0) is 19.1 Å². The number of rotatable bonds is 22. The van der Waals surface area contributed by atoms with E-state index in [-0.39, 0.29) is 25.4 Å². The molecule has 0 aliphatic heterocycles. The smallest absolute Gasteiger partial charge is 0.305 e. The highest BCUT2D eigenvalue weighted by molar-refractivity contribution is 5.75. The molecule has 3 N–H and O–H groups in total. The van der Waals surface area contributed by atoms with E-state index < -0.39 is 11.9 Å². The molecule has 1 amide bonds. The molecule has 0 unspecified atom stereocenters. The number of ether oxygens (including phenoxy) is 1. The van der Waals surface area contributed by atoms with E-state index in [9.17, 15) is 14.4 Å². The molecule has 0 fully saturated rings.